The summed E-state index contributed by atoms with van der Waals surface area (Å²) in [4.78, 5) is 16.4. The van der Waals surface area contributed by atoms with E-state index >= 15 is 0 Å². The van der Waals surface area contributed by atoms with Crippen LogP contribution in [0, 0.1) is 41.7 Å². The Balaban J connectivity index is 2.44. The molecule has 0 aliphatic carbocycles. The minimum Gasteiger partial charge on any atom is -0.464 e. The zero-order valence-corrected chi connectivity index (χ0v) is 16.0. The summed E-state index contributed by atoms with van der Waals surface area (Å²) in [6.45, 7) is 3.61. The van der Waals surface area contributed by atoms with Gasteiger partial charge in [-0.3, -0.25) is 20.0 Å². The third-order valence-electron chi connectivity index (χ3n) is 3.30. The molecule has 8 heteroatoms. The van der Waals surface area contributed by atoms with Gasteiger partial charge >= 0.3 is 0 Å². The van der Waals surface area contributed by atoms with Crippen LogP contribution < -0.4 is 5.32 Å². The molecule has 1 N–H and O–H groups in total. The van der Waals surface area contributed by atoms with Crippen LogP contribution in [0.3, 0.4) is 0 Å². The molecule has 140 valence electrons. The number of nitro groups is 1. The summed E-state index contributed by atoms with van der Waals surface area (Å²) < 4.78 is 5.87. The zero-order chi connectivity index (χ0) is 19.4. The lowest BCUT2D eigenvalue weighted by atomic mass is 10.3. The van der Waals surface area contributed by atoms with Crippen molar-refractivity contribution in [1.82, 2.24) is 10.2 Å². The van der Waals surface area contributed by atoms with Crippen molar-refractivity contribution >= 4 is 17.6 Å². The minimum absolute atomic E-state index is 0.225. The van der Waals surface area contributed by atoms with Gasteiger partial charge < -0.3 is 9.73 Å². The number of terminal acetylenes is 2. The molecule has 0 fully saturated rings. The lowest BCUT2D eigenvalue weighted by Crippen LogP contribution is -2.31. The Morgan fingerprint density at radius 1 is 1.50 bits per heavy atom. The maximum absolute atomic E-state index is 10.6. The summed E-state index contributed by atoms with van der Waals surface area (Å²) >= 11 is 1.66. The fraction of sp³-hybridized carbons (Fsp3) is 0.500. The number of thioether (sulfide) groups is 1. The van der Waals surface area contributed by atoms with Crippen LogP contribution in [0.15, 0.2) is 15.5 Å². The van der Waals surface area contributed by atoms with Crippen LogP contribution in [0.25, 0.3) is 0 Å². The van der Waals surface area contributed by atoms with E-state index in [1.54, 1.807) is 11.8 Å². The van der Waals surface area contributed by atoms with Crippen LogP contribution in [0.5, 0.6) is 0 Å². The predicted molar refractivity (Wildman–Crippen MR) is 106 cm³/mol. The molecule has 26 heavy (non-hydrogen) atoms. The van der Waals surface area contributed by atoms with E-state index in [0.29, 0.717) is 25.5 Å². The third-order valence-corrected chi connectivity index (χ3v) is 4.24. The van der Waals surface area contributed by atoms with Crippen LogP contribution in [0.4, 0.5) is 0 Å². The van der Waals surface area contributed by atoms with Crippen molar-refractivity contribution in [2.75, 3.05) is 39.0 Å². The highest BCUT2D eigenvalue weighted by atomic mass is 32.2. The molecule has 0 aromatic carbocycles. The van der Waals surface area contributed by atoms with Gasteiger partial charge in [0.15, 0.2) is 5.84 Å². The summed E-state index contributed by atoms with van der Waals surface area (Å²) in [7, 11) is 1.95. The minimum atomic E-state index is -0.430. The van der Waals surface area contributed by atoms with E-state index in [-0.39, 0.29) is 13.1 Å². The van der Waals surface area contributed by atoms with Gasteiger partial charge in [-0.05, 0) is 25.6 Å². The molecule has 1 aromatic heterocycles. The van der Waals surface area contributed by atoms with E-state index in [0.717, 1.165) is 28.6 Å². The van der Waals surface area contributed by atoms with Gasteiger partial charge in [0.25, 0.3) is 6.54 Å². The number of aliphatic imine (C=N–C) groups is 1. The molecule has 7 nitrogen and oxygen atoms in total. The zero-order valence-electron chi connectivity index (χ0n) is 15.2. The smallest absolute Gasteiger partial charge is 0.259 e. The Kier molecular flexibility index (Phi) is 9.99. The van der Waals surface area contributed by atoms with E-state index in [2.05, 4.69) is 22.2 Å². The Morgan fingerprint density at radius 3 is 2.92 bits per heavy atom. The molecular weight excluding hydrogens is 352 g/mol. The van der Waals surface area contributed by atoms with Crippen molar-refractivity contribution in [1.29, 1.82) is 0 Å². The largest absolute Gasteiger partial charge is 0.464 e. The first-order valence-electron chi connectivity index (χ1n) is 8.06. The second-order valence-electron chi connectivity index (χ2n) is 5.62. The molecule has 0 radical (unpaired) electrons. The average molecular weight is 376 g/mol. The molecule has 0 aliphatic rings. The van der Waals surface area contributed by atoms with Gasteiger partial charge in [0.2, 0.25) is 0 Å². The molecule has 1 heterocycles. The highest BCUT2D eigenvalue weighted by molar-refractivity contribution is 7.98. The topological polar surface area (TPSA) is 83.9 Å². The number of amidine groups is 1. The molecular formula is C18H24N4O3S. The number of hydrogen-bond donors (Lipinski definition) is 1. The third kappa shape index (κ3) is 8.61. The van der Waals surface area contributed by atoms with Gasteiger partial charge in [-0.25, -0.2) is 0 Å². The molecule has 0 unspecified atom stereocenters. The van der Waals surface area contributed by atoms with E-state index in [1.165, 1.54) is 0 Å². The normalized spacial score (nSPS) is 11.2. The molecule has 0 saturated carbocycles. The molecule has 1 aromatic rings. The fourth-order valence-corrected chi connectivity index (χ4v) is 2.97. The fourth-order valence-electron chi connectivity index (χ4n) is 2.14. The maximum Gasteiger partial charge on any atom is 0.259 e. The number of furan rings is 1. The van der Waals surface area contributed by atoms with Gasteiger partial charge in [0.05, 0.1) is 31.9 Å². The predicted octanol–water partition coefficient (Wildman–Crippen LogP) is 1.78. The van der Waals surface area contributed by atoms with Crippen molar-refractivity contribution in [2.45, 2.75) is 19.2 Å². The lowest BCUT2D eigenvalue weighted by molar-refractivity contribution is -0.463. The first kappa shape index (κ1) is 21.6. The van der Waals surface area contributed by atoms with E-state index in [1.807, 2.05) is 24.9 Å². The molecule has 0 aliphatic heterocycles. The van der Waals surface area contributed by atoms with Crippen LogP contribution in [0.2, 0.25) is 0 Å². The number of aryl methyl sites for hydroxylation is 1. The lowest BCUT2D eigenvalue weighted by Gasteiger charge is -2.10. The second kappa shape index (κ2) is 12.0. The SMILES string of the molecule is C#CCNC(C[N+](=O)[O-])=NCCSCc1oc(CN(C)CC#C)cc1C. The van der Waals surface area contributed by atoms with Gasteiger partial charge in [-0.15, -0.1) is 12.8 Å². The number of nitrogens with one attached hydrogen (secondary N) is 1. The van der Waals surface area contributed by atoms with Crippen molar-refractivity contribution < 1.29 is 9.34 Å². The first-order valence-corrected chi connectivity index (χ1v) is 9.22. The summed E-state index contributed by atoms with van der Waals surface area (Å²) in [5.74, 6) is 8.56. The van der Waals surface area contributed by atoms with Crippen LogP contribution >= 0.6 is 11.8 Å². The Labute approximate surface area is 158 Å². The Hall–Kier alpha value is -2.42. The quantitative estimate of drug-likeness (QED) is 0.158. The number of hydrogen-bond acceptors (Lipinski definition) is 6. The van der Waals surface area contributed by atoms with E-state index in [9.17, 15) is 10.1 Å². The number of rotatable bonds is 11. The molecule has 0 bridgehead atoms. The van der Waals surface area contributed by atoms with Crippen LogP contribution in [-0.2, 0) is 12.3 Å². The standard InChI is InChI=1S/C18H24N4O3S/c1-5-7-19-18(13-22(23)24)20-8-10-26-14-17-15(3)11-16(25-17)12-21(4)9-6-2/h1-2,11H,7-10,12-14H2,3-4H3,(H,19,20). The highest BCUT2D eigenvalue weighted by Gasteiger charge is 2.10. The summed E-state index contributed by atoms with van der Waals surface area (Å²) in [5, 5.41) is 13.4. The Bertz CT molecular complexity index is 700. The summed E-state index contributed by atoms with van der Waals surface area (Å²) in [6, 6.07) is 2.03. The molecule has 0 amide bonds. The molecule has 0 spiro atoms. The average Bonchev–Trinajstić information content (AvgIpc) is 2.91. The van der Waals surface area contributed by atoms with Crippen LogP contribution in [-0.4, -0.2) is 54.6 Å². The van der Waals surface area contributed by atoms with Crippen molar-refractivity contribution in [2.24, 2.45) is 4.99 Å². The second-order valence-corrected chi connectivity index (χ2v) is 6.73. The summed E-state index contributed by atoms with van der Waals surface area (Å²) in [6.07, 6.45) is 10.4. The monoisotopic (exact) mass is 376 g/mol. The van der Waals surface area contributed by atoms with Gasteiger partial charge in [-0.1, -0.05) is 11.8 Å². The Morgan fingerprint density at radius 2 is 2.27 bits per heavy atom. The van der Waals surface area contributed by atoms with Crippen molar-refractivity contribution in [3.8, 4) is 24.7 Å². The first-order chi connectivity index (χ1) is 12.5. The van der Waals surface area contributed by atoms with E-state index in [4.69, 9.17) is 17.3 Å². The molecule has 1 rings (SSSR count). The van der Waals surface area contributed by atoms with Crippen LogP contribution in [0.1, 0.15) is 17.1 Å². The summed E-state index contributed by atoms with van der Waals surface area (Å²) in [5.41, 5.74) is 1.11. The van der Waals surface area contributed by atoms with Gasteiger partial charge in [0, 0.05) is 10.7 Å². The van der Waals surface area contributed by atoms with Gasteiger partial charge in [-0.2, -0.15) is 11.8 Å². The van der Waals surface area contributed by atoms with Gasteiger partial charge in [0.1, 0.15) is 11.5 Å². The van der Waals surface area contributed by atoms with E-state index < -0.39 is 4.92 Å². The number of nitrogens with zero attached hydrogens (tertiary/aromatic N) is 3. The van der Waals surface area contributed by atoms with Crippen molar-refractivity contribution in [3.05, 3.63) is 33.3 Å². The molecule has 0 atom stereocenters. The maximum atomic E-state index is 10.6. The van der Waals surface area contributed by atoms with Crippen molar-refractivity contribution in [3.63, 3.8) is 0 Å². The molecule has 0 saturated heterocycles. The highest BCUT2D eigenvalue weighted by Crippen LogP contribution is 2.21.